The lowest BCUT2D eigenvalue weighted by molar-refractivity contribution is -0.140. The van der Waals surface area contributed by atoms with E-state index in [4.69, 9.17) is 35.8 Å². The van der Waals surface area contributed by atoms with Crippen molar-refractivity contribution in [2.45, 2.75) is 37.3 Å². The largest absolute Gasteiger partial charge is 0.480 e. The summed E-state index contributed by atoms with van der Waals surface area (Å²) in [6.07, 6.45) is -1.84. The second kappa shape index (κ2) is 9.85. The molecule has 142 valence electrons. The summed E-state index contributed by atoms with van der Waals surface area (Å²) in [4.78, 5) is 26.6. The average Bonchev–Trinajstić information content (AvgIpc) is 3.05. The number of aromatic nitrogens is 2. The first kappa shape index (κ1) is 20.7. The number of nitrogens with two attached hydrogens (primary N) is 1. The van der Waals surface area contributed by atoms with Crippen molar-refractivity contribution in [3.63, 3.8) is 0 Å². The molecule has 13 nitrogen and oxygen atoms in total. The van der Waals surface area contributed by atoms with Gasteiger partial charge >= 0.3 is 12.0 Å². The highest BCUT2D eigenvalue weighted by Crippen LogP contribution is 2.19. The molecular formula is C12H21N5O8. The number of hydrogen-bond acceptors (Lipinski definition) is 10. The lowest BCUT2D eigenvalue weighted by Gasteiger charge is -2.18. The van der Waals surface area contributed by atoms with Crippen LogP contribution in [-0.4, -0.2) is 73.2 Å². The van der Waals surface area contributed by atoms with E-state index in [9.17, 15) is 9.59 Å². The number of aliphatic hydroxyl groups is 4. The van der Waals surface area contributed by atoms with Crippen LogP contribution in [0, 0.1) is 0 Å². The number of aliphatic hydroxyl groups excluding tert-OH is 3. The summed E-state index contributed by atoms with van der Waals surface area (Å²) < 4.78 is 4.94. The van der Waals surface area contributed by atoms with Crippen LogP contribution < -0.4 is 16.4 Å². The number of aliphatic carboxylic acids is 1. The molecule has 0 aromatic carbocycles. The monoisotopic (exact) mass is 363 g/mol. The molecule has 0 radical (unpaired) electrons. The Balaban J connectivity index is 2.83. The van der Waals surface area contributed by atoms with Gasteiger partial charge in [-0.25, -0.2) is 9.59 Å². The van der Waals surface area contributed by atoms with Gasteiger partial charge in [0.2, 0.25) is 5.89 Å². The molecule has 0 aliphatic carbocycles. The quantitative estimate of drug-likeness (QED) is 0.195. The van der Waals surface area contributed by atoms with E-state index in [2.05, 4.69) is 15.5 Å². The van der Waals surface area contributed by atoms with Crippen LogP contribution in [0.3, 0.4) is 0 Å². The summed E-state index contributed by atoms with van der Waals surface area (Å²) in [5.74, 6) is -1.58. The number of hydrogen-bond donors (Lipinski definition) is 8. The smallest absolute Gasteiger partial charge is 0.328 e. The Morgan fingerprint density at radius 2 is 1.84 bits per heavy atom. The molecular weight excluding hydrogens is 342 g/mol. The minimum absolute atomic E-state index is 0.0203. The Morgan fingerprint density at radius 3 is 2.36 bits per heavy atom. The fraction of sp³-hybridized carbons (Fsp3) is 0.667. The SMILES string of the molecule is NC(CO)c1noc(C(CCC(O)O)NC(=O)NC(CO)C(=O)O)n1. The molecule has 9 N–H and O–H groups in total. The van der Waals surface area contributed by atoms with Crippen molar-refractivity contribution >= 4 is 12.0 Å². The van der Waals surface area contributed by atoms with Gasteiger partial charge in [0.15, 0.2) is 18.2 Å². The summed E-state index contributed by atoms with van der Waals surface area (Å²) in [6.45, 7) is -1.26. The first-order valence-electron chi connectivity index (χ1n) is 7.25. The number of carboxylic acid groups (broad SMARTS) is 1. The van der Waals surface area contributed by atoms with E-state index in [1.807, 2.05) is 5.32 Å². The molecule has 1 rings (SSSR count). The number of carbonyl (C=O) groups excluding carboxylic acids is 1. The molecule has 3 unspecified atom stereocenters. The molecule has 1 aromatic rings. The Kier molecular flexibility index (Phi) is 8.17. The molecule has 0 aliphatic rings. The molecule has 13 heteroatoms. The number of rotatable bonds is 10. The molecule has 0 saturated carbocycles. The van der Waals surface area contributed by atoms with E-state index in [-0.39, 0.29) is 24.6 Å². The van der Waals surface area contributed by atoms with Gasteiger partial charge in [0.25, 0.3) is 0 Å². The molecule has 0 saturated heterocycles. The van der Waals surface area contributed by atoms with E-state index in [0.717, 1.165) is 0 Å². The summed E-state index contributed by atoms with van der Waals surface area (Å²) in [5.41, 5.74) is 5.54. The molecule has 1 heterocycles. The normalized spacial score (nSPS) is 14.8. The third-order valence-corrected chi connectivity index (χ3v) is 3.09. The third kappa shape index (κ3) is 6.60. The first-order valence-corrected chi connectivity index (χ1v) is 7.25. The zero-order valence-electron chi connectivity index (χ0n) is 13.1. The highest BCUT2D eigenvalue weighted by atomic mass is 16.5. The van der Waals surface area contributed by atoms with Crippen molar-refractivity contribution in [3.8, 4) is 0 Å². The lowest BCUT2D eigenvalue weighted by Crippen LogP contribution is -2.48. The van der Waals surface area contributed by atoms with E-state index in [1.54, 1.807) is 0 Å². The standard InChI is InChI=1S/C12H21N5O8/c13-5(3-18)9-16-10(25-17-9)6(1-2-8(20)21)14-12(24)15-7(4-19)11(22)23/h5-8,18-21H,1-4,13H2,(H,22,23)(H2,14,15,24). The van der Waals surface area contributed by atoms with Crippen molar-refractivity contribution in [1.82, 2.24) is 20.8 Å². The second-order valence-electron chi connectivity index (χ2n) is 5.08. The number of carboxylic acids is 1. The van der Waals surface area contributed by atoms with Gasteiger partial charge in [-0.1, -0.05) is 5.16 Å². The highest BCUT2D eigenvalue weighted by molar-refractivity contribution is 5.82. The van der Waals surface area contributed by atoms with Crippen LogP contribution >= 0.6 is 0 Å². The van der Waals surface area contributed by atoms with Gasteiger partial charge in [-0.3, -0.25) is 0 Å². The van der Waals surface area contributed by atoms with Crippen LogP contribution in [0.2, 0.25) is 0 Å². The van der Waals surface area contributed by atoms with Gasteiger partial charge in [0, 0.05) is 6.42 Å². The maximum Gasteiger partial charge on any atom is 0.328 e. The predicted octanol–water partition coefficient (Wildman–Crippen LogP) is -3.06. The van der Waals surface area contributed by atoms with E-state index < -0.39 is 49.6 Å². The van der Waals surface area contributed by atoms with Crippen molar-refractivity contribution < 1.29 is 39.6 Å². The van der Waals surface area contributed by atoms with Gasteiger partial charge in [0.05, 0.1) is 19.3 Å². The molecule has 1 aromatic heterocycles. The Labute approximate surface area is 141 Å². The molecule has 0 bridgehead atoms. The van der Waals surface area contributed by atoms with E-state index >= 15 is 0 Å². The summed E-state index contributed by atoms with van der Waals surface area (Å²) in [7, 11) is 0. The van der Waals surface area contributed by atoms with Gasteiger partial charge in [-0.05, 0) is 6.42 Å². The fourth-order valence-electron chi connectivity index (χ4n) is 1.74. The molecule has 0 fully saturated rings. The summed E-state index contributed by atoms with van der Waals surface area (Å²) in [5, 5.41) is 52.5. The predicted molar refractivity (Wildman–Crippen MR) is 78.7 cm³/mol. The third-order valence-electron chi connectivity index (χ3n) is 3.09. The van der Waals surface area contributed by atoms with Crippen LogP contribution in [0.4, 0.5) is 4.79 Å². The van der Waals surface area contributed by atoms with Gasteiger partial charge in [0.1, 0.15) is 6.04 Å². The summed E-state index contributed by atoms with van der Waals surface area (Å²) in [6, 6.07) is -4.36. The molecule has 3 atom stereocenters. The van der Waals surface area contributed by atoms with Crippen LogP contribution in [-0.2, 0) is 4.79 Å². The molecule has 2 amide bonds. The zero-order valence-corrected chi connectivity index (χ0v) is 13.1. The maximum atomic E-state index is 11.9. The minimum atomic E-state index is -1.65. The maximum absolute atomic E-state index is 11.9. The topological polar surface area (TPSA) is 224 Å². The number of nitrogens with zero attached hydrogens (tertiary/aromatic N) is 2. The number of amides is 2. The van der Waals surface area contributed by atoms with Gasteiger partial charge < -0.3 is 46.4 Å². The van der Waals surface area contributed by atoms with Crippen molar-refractivity contribution in [2.75, 3.05) is 13.2 Å². The van der Waals surface area contributed by atoms with Crippen LogP contribution in [0.15, 0.2) is 4.52 Å². The Morgan fingerprint density at radius 1 is 1.16 bits per heavy atom. The second-order valence-corrected chi connectivity index (χ2v) is 5.08. The first-order chi connectivity index (χ1) is 11.8. The number of carbonyl (C=O) groups is 2. The van der Waals surface area contributed by atoms with E-state index in [0.29, 0.717) is 0 Å². The number of urea groups is 1. The van der Waals surface area contributed by atoms with Gasteiger partial charge in [-0.15, -0.1) is 0 Å². The fourth-order valence-corrected chi connectivity index (χ4v) is 1.74. The van der Waals surface area contributed by atoms with Gasteiger partial charge in [-0.2, -0.15) is 4.98 Å². The van der Waals surface area contributed by atoms with Crippen LogP contribution in [0.25, 0.3) is 0 Å². The highest BCUT2D eigenvalue weighted by Gasteiger charge is 2.26. The lowest BCUT2D eigenvalue weighted by atomic mass is 10.1. The molecule has 0 aliphatic heterocycles. The van der Waals surface area contributed by atoms with E-state index in [1.165, 1.54) is 0 Å². The van der Waals surface area contributed by atoms with Crippen molar-refractivity contribution in [1.29, 1.82) is 0 Å². The number of nitrogens with one attached hydrogen (secondary N) is 2. The summed E-state index contributed by atoms with van der Waals surface area (Å²) >= 11 is 0. The Bertz CT molecular complexity index is 565. The molecule has 25 heavy (non-hydrogen) atoms. The zero-order chi connectivity index (χ0) is 19.0. The van der Waals surface area contributed by atoms with Crippen molar-refractivity contribution in [2.24, 2.45) is 5.73 Å². The minimum Gasteiger partial charge on any atom is -0.480 e. The Hall–Kier alpha value is -2.32. The van der Waals surface area contributed by atoms with Crippen molar-refractivity contribution in [3.05, 3.63) is 11.7 Å². The molecule has 0 spiro atoms. The average molecular weight is 363 g/mol. The van der Waals surface area contributed by atoms with Crippen LogP contribution in [0.5, 0.6) is 0 Å². The van der Waals surface area contributed by atoms with Crippen LogP contribution in [0.1, 0.15) is 36.6 Å².